The van der Waals surface area contributed by atoms with Gasteiger partial charge in [-0.05, 0) is 55.0 Å². The second-order valence-corrected chi connectivity index (χ2v) is 5.58. The molecule has 0 aliphatic rings. The highest BCUT2D eigenvalue weighted by Gasteiger charge is 2.30. The van der Waals surface area contributed by atoms with Gasteiger partial charge in [-0.2, -0.15) is 13.2 Å². The maximum atomic E-state index is 12.7. The Hall–Kier alpha value is -2.28. The first-order valence-electron chi connectivity index (χ1n) is 7.18. The van der Waals surface area contributed by atoms with Crippen LogP contribution in [0.25, 0.3) is 0 Å². The molecule has 0 heterocycles. The minimum absolute atomic E-state index is 0.110. The smallest absolute Gasteiger partial charge is 0.416 e. The van der Waals surface area contributed by atoms with Gasteiger partial charge in [0.25, 0.3) is 0 Å². The van der Waals surface area contributed by atoms with Crippen molar-refractivity contribution in [1.29, 1.82) is 0 Å². The van der Waals surface area contributed by atoms with Crippen LogP contribution in [-0.2, 0) is 6.18 Å². The van der Waals surface area contributed by atoms with Crippen LogP contribution in [0.2, 0.25) is 0 Å². The molecule has 7 heteroatoms. The van der Waals surface area contributed by atoms with Crippen LogP contribution in [0.15, 0.2) is 48.5 Å². The van der Waals surface area contributed by atoms with Gasteiger partial charge in [0.2, 0.25) is 0 Å². The topological polar surface area (TPSA) is 33.3 Å². The molecular weight excluding hydrogens is 337 g/mol. The van der Waals surface area contributed by atoms with Crippen molar-refractivity contribution in [2.45, 2.75) is 19.1 Å². The van der Waals surface area contributed by atoms with E-state index >= 15 is 0 Å². The molecule has 0 spiro atoms. The molecule has 0 saturated carbocycles. The molecule has 0 aliphatic carbocycles. The normalized spacial score (nSPS) is 12.4. The first kappa shape index (κ1) is 18.1. The summed E-state index contributed by atoms with van der Waals surface area (Å²) >= 11 is 5.17. The van der Waals surface area contributed by atoms with Gasteiger partial charge in [-0.1, -0.05) is 18.2 Å². The van der Waals surface area contributed by atoms with E-state index in [2.05, 4.69) is 10.6 Å². The van der Waals surface area contributed by atoms with Gasteiger partial charge < -0.3 is 15.4 Å². The number of anilines is 1. The first-order valence-corrected chi connectivity index (χ1v) is 7.59. The molecule has 0 amide bonds. The minimum Gasteiger partial charge on any atom is -0.497 e. The molecular formula is C17H17F3N2OS. The summed E-state index contributed by atoms with van der Waals surface area (Å²) in [4.78, 5) is 0. The third-order valence-corrected chi connectivity index (χ3v) is 3.63. The molecule has 2 N–H and O–H groups in total. The number of halogens is 3. The van der Waals surface area contributed by atoms with Crippen molar-refractivity contribution >= 4 is 23.0 Å². The summed E-state index contributed by atoms with van der Waals surface area (Å²) in [5.41, 5.74) is 0.534. The standard InChI is InChI=1S/C17H17F3N2OS/c1-11(12-6-8-15(23-2)9-7-12)21-16(24)22-14-5-3-4-13(10-14)17(18,19)20/h3-11H,1-2H3,(H2,21,22,24). The zero-order valence-electron chi connectivity index (χ0n) is 13.1. The molecule has 0 saturated heterocycles. The van der Waals surface area contributed by atoms with Crippen LogP contribution in [0.5, 0.6) is 5.75 Å². The Morgan fingerprint density at radius 2 is 1.79 bits per heavy atom. The van der Waals surface area contributed by atoms with E-state index in [1.807, 2.05) is 31.2 Å². The lowest BCUT2D eigenvalue weighted by Crippen LogP contribution is -2.30. The van der Waals surface area contributed by atoms with Gasteiger partial charge in [-0.15, -0.1) is 0 Å². The zero-order chi connectivity index (χ0) is 17.7. The molecule has 0 bridgehead atoms. The van der Waals surface area contributed by atoms with Crippen LogP contribution in [0.4, 0.5) is 18.9 Å². The lowest BCUT2D eigenvalue weighted by molar-refractivity contribution is -0.137. The molecule has 1 atom stereocenters. The van der Waals surface area contributed by atoms with E-state index in [1.165, 1.54) is 12.1 Å². The number of ether oxygens (including phenoxy) is 1. The fraction of sp³-hybridized carbons (Fsp3) is 0.235. The summed E-state index contributed by atoms with van der Waals surface area (Å²) in [6.07, 6.45) is -4.39. The van der Waals surface area contributed by atoms with Crippen LogP contribution in [-0.4, -0.2) is 12.2 Å². The van der Waals surface area contributed by atoms with E-state index < -0.39 is 11.7 Å². The van der Waals surface area contributed by atoms with Gasteiger partial charge in [0.1, 0.15) is 5.75 Å². The van der Waals surface area contributed by atoms with Gasteiger partial charge >= 0.3 is 6.18 Å². The van der Waals surface area contributed by atoms with Gasteiger partial charge in [0.15, 0.2) is 5.11 Å². The number of hydrogen-bond donors (Lipinski definition) is 2. The molecule has 0 aromatic heterocycles. The summed E-state index contributed by atoms with van der Waals surface area (Å²) in [6.45, 7) is 1.90. The van der Waals surface area contributed by atoms with Gasteiger partial charge in [0, 0.05) is 5.69 Å². The molecule has 0 fully saturated rings. The SMILES string of the molecule is COc1ccc(C(C)NC(=S)Nc2cccc(C(F)(F)F)c2)cc1. The maximum Gasteiger partial charge on any atom is 0.416 e. The fourth-order valence-electron chi connectivity index (χ4n) is 2.11. The van der Waals surface area contributed by atoms with Crippen LogP contribution in [0.1, 0.15) is 24.1 Å². The molecule has 1 unspecified atom stereocenters. The summed E-state index contributed by atoms with van der Waals surface area (Å²) < 4.78 is 43.2. The number of alkyl halides is 3. The second kappa shape index (κ2) is 7.53. The monoisotopic (exact) mass is 354 g/mol. The van der Waals surface area contributed by atoms with Crippen LogP contribution >= 0.6 is 12.2 Å². The molecule has 0 radical (unpaired) electrons. The number of methoxy groups -OCH3 is 1. The predicted molar refractivity (Wildman–Crippen MR) is 92.2 cm³/mol. The molecule has 2 aromatic rings. The Morgan fingerprint density at radius 1 is 1.12 bits per heavy atom. The average molecular weight is 354 g/mol. The Bertz CT molecular complexity index is 702. The van der Waals surface area contributed by atoms with Crippen molar-refractivity contribution < 1.29 is 17.9 Å². The Morgan fingerprint density at radius 3 is 2.38 bits per heavy atom. The average Bonchev–Trinajstić information content (AvgIpc) is 2.54. The summed E-state index contributed by atoms with van der Waals surface area (Å²) in [5.74, 6) is 0.746. The Kier molecular flexibility index (Phi) is 5.66. The molecule has 3 nitrogen and oxygen atoms in total. The third kappa shape index (κ3) is 4.86. The highest BCUT2D eigenvalue weighted by Crippen LogP contribution is 2.30. The van der Waals surface area contributed by atoms with Crippen LogP contribution < -0.4 is 15.4 Å². The van der Waals surface area contributed by atoms with Crippen LogP contribution in [0.3, 0.4) is 0 Å². The van der Waals surface area contributed by atoms with E-state index in [4.69, 9.17) is 17.0 Å². The summed E-state index contributed by atoms with van der Waals surface area (Å²) in [7, 11) is 1.59. The van der Waals surface area contributed by atoms with E-state index in [9.17, 15) is 13.2 Å². The first-order chi connectivity index (χ1) is 11.3. The van der Waals surface area contributed by atoms with E-state index in [1.54, 1.807) is 7.11 Å². The number of hydrogen-bond acceptors (Lipinski definition) is 2. The largest absolute Gasteiger partial charge is 0.497 e. The van der Waals surface area contributed by atoms with E-state index in [0.29, 0.717) is 0 Å². The van der Waals surface area contributed by atoms with Gasteiger partial charge in [-0.25, -0.2) is 0 Å². The molecule has 2 aromatic carbocycles. The van der Waals surface area contributed by atoms with Crippen LogP contribution in [0, 0.1) is 0 Å². The quantitative estimate of drug-likeness (QED) is 0.776. The fourth-order valence-corrected chi connectivity index (χ4v) is 2.41. The van der Waals surface area contributed by atoms with Crippen molar-refractivity contribution in [3.63, 3.8) is 0 Å². The number of nitrogens with one attached hydrogen (secondary N) is 2. The summed E-state index contributed by atoms with van der Waals surface area (Å²) in [6, 6.07) is 12.2. The van der Waals surface area contributed by atoms with Crippen molar-refractivity contribution in [2.75, 3.05) is 12.4 Å². The lowest BCUT2D eigenvalue weighted by Gasteiger charge is -2.18. The van der Waals surface area contributed by atoms with E-state index in [0.717, 1.165) is 23.4 Å². The van der Waals surface area contributed by atoms with Crippen molar-refractivity contribution in [3.8, 4) is 5.75 Å². The summed E-state index contributed by atoms with van der Waals surface area (Å²) in [5, 5.41) is 6.06. The molecule has 128 valence electrons. The Balaban J connectivity index is 1.99. The number of benzene rings is 2. The van der Waals surface area contributed by atoms with Crippen molar-refractivity contribution in [1.82, 2.24) is 5.32 Å². The predicted octanol–water partition coefficient (Wildman–Crippen LogP) is 4.76. The number of rotatable bonds is 4. The maximum absolute atomic E-state index is 12.7. The van der Waals surface area contributed by atoms with Gasteiger partial charge in [-0.3, -0.25) is 0 Å². The lowest BCUT2D eigenvalue weighted by atomic mass is 10.1. The number of thiocarbonyl (C=S) groups is 1. The molecule has 24 heavy (non-hydrogen) atoms. The minimum atomic E-state index is -4.39. The van der Waals surface area contributed by atoms with Gasteiger partial charge in [0.05, 0.1) is 18.7 Å². The molecule has 2 rings (SSSR count). The van der Waals surface area contributed by atoms with E-state index in [-0.39, 0.29) is 16.8 Å². The second-order valence-electron chi connectivity index (χ2n) is 5.17. The van der Waals surface area contributed by atoms with Crippen molar-refractivity contribution in [3.05, 3.63) is 59.7 Å². The zero-order valence-corrected chi connectivity index (χ0v) is 14.0. The van der Waals surface area contributed by atoms with Crippen molar-refractivity contribution in [2.24, 2.45) is 0 Å². The highest BCUT2D eigenvalue weighted by atomic mass is 32.1. The highest BCUT2D eigenvalue weighted by molar-refractivity contribution is 7.80. The molecule has 0 aliphatic heterocycles. The third-order valence-electron chi connectivity index (χ3n) is 3.41. The Labute approximate surface area is 143 Å².